The van der Waals surface area contributed by atoms with E-state index in [9.17, 15) is 18.3 Å². The standard InChI is InChI=1S/C22H26F3N5O3/c1-5-21(3,31)19-9-16(11-33-12-22(23,24)25)28-20(29-19)27-15-6-7-17(18(8-15)32-4)30-10-14(2)26-13-30/h6-10,13,31H,5,11-12H2,1-4H3,(H,27,28,29). The molecule has 8 nitrogen and oxygen atoms in total. The van der Waals surface area contributed by atoms with Gasteiger partial charge >= 0.3 is 6.18 Å². The number of nitrogens with one attached hydrogen (secondary N) is 1. The zero-order valence-electron chi connectivity index (χ0n) is 18.8. The van der Waals surface area contributed by atoms with Gasteiger partial charge in [0.15, 0.2) is 0 Å². The Hall–Kier alpha value is -3.18. The van der Waals surface area contributed by atoms with E-state index in [0.717, 1.165) is 11.4 Å². The molecule has 0 fully saturated rings. The normalized spacial score (nSPS) is 13.6. The van der Waals surface area contributed by atoms with Gasteiger partial charge in [0.05, 0.1) is 42.8 Å². The Morgan fingerprint density at radius 1 is 1.18 bits per heavy atom. The molecule has 178 valence electrons. The molecule has 33 heavy (non-hydrogen) atoms. The molecular formula is C22H26F3N5O3. The zero-order chi connectivity index (χ0) is 24.2. The van der Waals surface area contributed by atoms with E-state index in [-0.39, 0.29) is 23.9 Å². The molecule has 1 unspecified atom stereocenters. The lowest BCUT2D eigenvalue weighted by Crippen LogP contribution is -2.23. The van der Waals surface area contributed by atoms with Crippen molar-refractivity contribution in [3.05, 3.63) is 53.9 Å². The number of halogens is 3. The van der Waals surface area contributed by atoms with E-state index in [2.05, 4.69) is 20.3 Å². The van der Waals surface area contributed by atoms with Gasteiger partial charge in [-0.3, -0.25) is 0 Å². The van der Waals surface area contributed by atoms with Crippen LogP contribution in [0.5, 0.6) is 5.75 Å². The Balaban J connectivity index is 1.89. The first-order chi connectivity index (χ1) is 15.5. The average molecular weight is 465 g/mol. The molecule has 11 heteroatoms. The van der Waals surface area contributed by atoms with E-state index in [1.165, 1.54) is 13.2 Å². The maximum atomic E-state index is 12.4. The molecule has 0 amide bonds. The van der Waals surface area contributed by atoms with Gasteiger partial charge in [0, 0.05) is 18.0 Å². The smallest absolute Gasteiger partial charge is 0.411 e. The van der Waals surface area contributed by atoms with E-state index in [1.54, 1.807) is 32.3 Å². The van der Waals surface area contributed by atoms with Gasteiger partial charge in [-0.25, -0.2) is 15.0 Å². The molecule has 0 aliphatic carbocycles. The van der Waals surface area contributed by atoms with Gasteiger partial charge in [0.1, 0.15) is 18.0 Å². The van der Waals surface area contributed by atoms with Crippen LogP contribution in [0.2, 0.25) is 0 Å². The number of benzene rings is 1. The van der Waals surface area contributed by atoms with Crippen molar-refractivity contribution in [2.75, 3.05) is 19.0 Å². The van der Waals surface area contributed by atoms with Crippen molar-refractivity contribution in [2.24, 2.45) is 0 Å². The number of hydrogen-bond acceptors (Lipinski definition) is 7. The lowest BCUT2D eigenvalue weighted by Gasteiger charge is -2.22. The second-order valence-electron chi connectivity index (χ2n) is 7.74. The Morgan fingerprint density at radius 2 is 1.94 bits per heavy atom. The number of anilines is 2. The number of imidazole rings is 1. The zero-order valence-corrected chi connectivity index (χ0v) is 18.8. The summed E-state index contributed by atoms with van der Waals surface area (Å²) in [6.07, 6.45) is -0.568. The Morgan fingerprint density at radius 3 is 2.55 bits per heavy atom. The molecule has 0 aliphatic rings. The maximum absolute atomic E-state index is 12.4. The lowest BCUT2D eigenvalue weighted by atomic mass is 9.98. The summed E-state index contributed by atoms with van der Waals surface area (Å²) in [5.74, 6) is 0.669. The molecule has 3 rings (SSSR count). The summed E-state index contributed by atoms with van der Waals surface area (Å²) in [6, 6.07) is 6.78. The van der Waals surface area contributed by atoms with E-state index in [0.29, 0.717) is 17.9 Å². The van der Waals surface area contributed by atoms with Gasteiger partial charge in [-0.1, -0.05) is 6.92 Å². The summed E-state index contributed by atoms with van der Waals surface area (Å²) >= 11 is 0. The second-order valence-corrected chi connectivity index (χ2v) is 7.74. The summed E-state index contributed by atoms with van der Waals surface area (Å²) in [6.45, 7) is 3.45. The minimum atomic E-state index is -4.45. The van der Waals surface area contributed by atoms with Crippen molar-refractivity contribution in [1.29, 1.82) is 0 Å². The first-order valence-electron chi connectivity index (χ1n) is 10.2. The minimum absolute atomic E-state index is 0.111. The van der Waals surface area contributed by atoms with E-state index in [1.807, 2.05) is 23.8 Å². The van der Waals surface area contributed by atoms with Crippen molar-refractivity contribution in [3.63, 3.8) is 0 Å². The number of nitrogens with zero attached hydrogens (tertiary/aromatic N) is 4. The Kier molecular flexibility index (Phi) is 7.23. The van der Waals surface area contributed by atoms with E-state index >= 15 is 0 Å². The number of hydrogen-bond donors (Lipinski definition) is 2. The van der Waals surface area contributed by atoms with E-state index < -0.39 is 18.4 Å². The fraction of sp³-hybridized carbons (Fsp3) is 0.409. The molecule has 2 N–H and O–H groups in total. The highest BCUT2D eigenvalue weighted by Crippen LogP contribution is 2.29. The van der Waals surface area contributed by atoms with Gasteiger partial charge in [-0.05, 0) is 38.5 Å². The minimum Gasteiger partial charge on any atom is -0.494 e. The Bertz CT molecular complexity index is 1100. The summed E-state index contributed by atoms with van der Waals surface area (Å²) in [5.41, 5.74) is 1.39. The third-order valence-corrected chi connectivity index (χ3v) is 4.96. The third kappa shape index (κ3) is 6.42. The fourth-order valence-corrected chi connectivity index (χ4v) is 3.01. The van der Waals surface area contributed by atoms with Crippen LogP contribution < -0.4 is 10.1 Å². The van der Waals surface area contributed by atoms with Crippen LogP contribution in [-0.2, 0) is 16.9 Å². The van der Waals surface area contributed by atoms with Crippen LogP contribution in [0.1, 0.15) is 37.4 Å². The average Bonchev–Trinajstić information content (AvgIpc) is 3.18. The summed E-state index contributed by atoms with van der Waals surface area (Å²) in [4.78, 5) is 12.8. The van der Waals surface area contributed by atoms with Crippen LogP contribution in [0.15, 0.2) is 36.8 Å². The summed E-state index contributed by atoms with van der Waals surface area (Å²) in [7, 11) is 1.54. The number of aliphatic hydroxyl groups is 1. The summed E-state index contributed by atoms with van der Waals surface area (Å²) in [5, 5.41) is 13.7. The molecule has 1 atom stereocenters. The monoisotopic (exact) mass is 465 g/mol. The molecular weight excluding hydrogens is 439 g/mol. The molecule has 1 aromatic carbocycles. The third-order valence-electron chi connectivity index (χ3n) is 4.96. The van der Waals surface area contributed by atoms with Crippen LogP contribution in [0, 0.1) is 6.92 Å². The predicted octanol–water partition coefficient (Wildman–Crippen LogP) is 4.42. The quantitative estimate of drug-likeness (QED) is 0.483. The van der Waals surface area contributed by atoms with Crippen LogP contribution in [-0.4, -0.2) is 44.5 Å². The van der Waals surface area contributed by atoms with Gasteiger partial charge in [0.25, 0.3) is 0 Å². The second kappa shape index (κ2) is 9.75. The lowest BCUT2D eigenvalue weighted by molar-refractivity contribution is -0.176. The first kappa shape index (κ1) is 24.5. The van der Waals surface area contributed by atoms with Gasteiger partial charge in [-0.15, -0.1) is 0 Å². The molecule has 0 aliphatic heterocycles. The highest BCUT2D eigenvalue weighted by molar-refractivity contribution is 5.62. The van der Waals surface area contributed by atoms with Crippen LogP contribution >= 0.6 is 0 Å². The number of alkyl halides is 3. The van der Waals surface area contributed by atoms with Crippen molar-refractivity contribution in [3.8, 4) is 11.4 Å². The Labute approximate surface area is 189 Å². The molecule has 2 heterocycles. The molecule has 3 aromatic rings. The van der Waals surface area contributed by atoms with Crippen molar-refractivity contribution in [1.82, 2.24) is 19.5 Å². The van der Waals surface area contributed by atoms with Gasteiger partial charge < -0.3 is 24.5 Å². The van der Waals surface area contributed by atoms with Gasteiger partial charge in [-0.2, -0.15) is 13.2 Å². The fourth-order valence-electron chi connectivity index (χ4n) is 3.01. The molecule has 0 spiro atoms. The van der Waals surface area contributed by atoms with E-state index in [4.69, 9.17) is 9.47 Å². The number of methoxy groups -OCH3 is 1. The van der Waals surface area contributed by atoms with Crippen molar-refractivity contribution < 1.29 is 27.8 Å². The topological polar surface area (TPSA) is 94.3 Å². The number of rotatable bonds is 9. The number of aromatic nitrogens is 4. The number of aryl methyl sites for hydroxylation is 1. The first-order valence-corrected chi connectivity index (χ1v) is 10.2. The molecule has 0 bridgehead atoms. The molecule has 2 aromatic heterocycles. The summed E-state index contributed by atoms with van der Waals surface area (Å²) < 4.78 is 49.4. The van der Waals surface area contributed by atoms with Crippen molar-refractivity contribution >= 4 is 11.6 Å². The van der Waals surface area contributed by atoms with Crippen LogP contribution in [0.4, 0.5) is 24.8 Å². The van der Waals surface area contributed by atoms with Crippen LogP contribution in [0.3, 0.4) is 0 Å². The SMILES string of the molecule is CCC(C)(O)c1cc(COCC(F)(F)F)nc(Nc2ccc(-n3cnc(C)c3)c(OC)c2)n1. The van der Waals surface area contributed by atoms with Gasteiger partial charge in [0.2, 0.25) is 5.95 Å². The largest absolute Gasteiger partial charge is 0.494 e. The predicted molar refractivity (Wildman–Crippen MR) is 116 cm³/mol. The van der Waals surface area contributed by atoms with Crippen molar-refractivity contribution in [2.45, 2.75) is 45.6 Å². The highest BCUT2D eigenvalue weighted by atomic mass is 19.4. The van der Waals surface area contributed by atoms with Crippen LogP contribution in [0.25, 0.3) is 5.69 Å². The highest BCUT2D eigenvalue weighted by Gasteiger charge is 2.28. The maximum Gasteiger partial charge on any atom is 0.411 e. The molecule has 0 radical (unpaired) electrons. The molecule has 0 saturated carbocycles. The molecule has 0 saturated heterocycles. The number of ether oxygens (including phenoxy) is 2.